The molecule has 0 saturated carbocycles. The quantitative estimate of drug-likeness (QED) is 0.897. The molecule has 0 fully saturated rings. The summed E-state index contributed by atoms with van der Waals surface area (Å²) in [5, 5.41) is 2.97. The molecule has 1 atom stereocenters. The molecule has 1 aliphatic carbocycles. The molecule has 0 bridgehead atoms. The lowest BCUT2D eigenvalue weighted by Gasteiger charge is -2.19. The second kappa shape index (κ2) is 7.70. The number of hydrogen-bond donors (Lipinski definition) is 1. The van der Waals surface area contributed by atoms with Crippen molar-refractivity contribution in [3.05, 3.63) is 51.7 Å². The number of carbonyl (C=O) groups is 1. The summed E-state index contributed by atoms with van der Waals surface area (Å²) in [6.45, 7) is 1.48. The number of benzene rings is 1. The monoisotopic (exact) mass is 369 g/mol. The van der Waals surface area contributed by atoms with Crippen LogP contribution in [0.1, 0.15) is 30.5 Å². The number of fused-ring (bicyclic) bond motifs is 3. The molecule has 142 valence electrons. The average Bonchev–Trinajstić information content (AvgIpc) is 2.91. The minimum Gasteiger partial charge on any atom is -0.493 e. The van der Waals surface area contributed by atoms with Gasteiger partial charge in [-0.3, -0.25) is 9.59 Å². The molecule has 6 nitrogen and oxygen atoms in total. The molecule has 1 N–H and O–H groups in total. The maximum Gasteiger partial charge on any atom is 0.217 e. The molecule has 0 saturated heterocycles. The fourth-order valence-corrected chi connectivity index (χ4v) is 3.68. The predicted octanol–water partition coefficient (Wildman–Crippen LogP) is 2.86. The van der Waals surface area contributed by atoms with E-state index >= 15 is 0 Å². The minimum atomic E-state index is -0.272. The van der Waals surface area contributed by atoms with Crippen molar-refractivity contribution in [2.75, 3.05) is 21.3 Å². The summed E-state index contributed by atoms with van der Waals surface area (Å²) in [5.41, 5.74) is 3.35. The minimum absolute atomic E-state index is 0.116. The molecule has 1 aliphatic rings. The van der Waals surface area contributed by atoms with Crippen molar-refractivity contribution in [2.24, 2.45) is 0 Å². The van der Waals surface area contributed by atoms with E-state index < -0.39 is 0 Å². The summed E-state index contributed by atoms with van der Waals surface area (Å²) >= 11 is 0. The Labute approximate surface area is 158 Å². The average molecular weight is 369 g/mol. The third kappa shape index (κ3) is 3.47. The van der Waals surface area contributed by atoms with Crippen LogP contribution in [0, 0.1) is 0 Å². The van der Waals surface area contributed by atoms with Gasteiger partial charge in [-0.15, -0.1) is 0 Å². The van der Waals surface area contributed by atoms with E-state index in [2.05, 4.69) is 5.32 Å². The molecule has 2 aromatic carbocycles. The van der Waals surface area contributed by atoms with E-state index in [-0.39, 0.29) is 17.4 Å². The normalized spacial score (nSPS) is 15.0. The molecule has 3 rings (SSSR count). The van der Waals surface area contributed by atoms with E-state index in [1.807, 2.05) is 12.1 Å². The molecule has 2 aromatic rings. The second-order valence-electron chi connectivity index (χ2n) is 6.41. The summed E-state index contributed by atoms with van der Waals surface area (Å²) in [6.07, 6.45) is 1.34. The van der Waals surface area contributed by atoms with Crippen molar-refractivity contribution in [3.63, 3.8) is 0 Å². The van der Waals surface area contributed by atoms with Gasteiger partial charge in [0.05, 0.1) is 27.4 Å². The van der Waals surface area contributed by atoms with Crippen molar-refractivity contribution in [1.82, 2.24) is 5.32 Å². The number of carbonyl (C=O) groups excluding carboxylic acids is 1. The third-order valence-corrected chi connectivity index (χ3v) is 4.77. The smallest absolute Gasteiger partial charge is 0.217 e. The summed E-state index contributed by atoms with van der Waals surface area (Å²) < 4.78 is 16.7. The van der Waals surface area contributed by atoms with Crippen LogP contribution >= 0.6 is 0 Å². The van der Waals surface area contributed by atoms with Crippen LogP contribution in [0.3, 0.4) is 0 Å². The molecular weight excluding hydrogens is 346 g/mol. The van der Waals surface area contributed by atoms with Gasteiger partial charge in [-0.05, 0) is 47.7 Å². The van der Waals surface area contributed by atoms with E-state index in [4.69, 9.17) is 14.2 Å². The van der Waals surface area contributed by atoms with E-state index in [9.17, 15) is 9.59 Å². The predicted molar refractivity (Wildman–Crippen MR) is 103 cm³/mol. The molecule has 0 aliphatic heterocycles. The maximum atomic E-state index is 12.2. The second-order valence-corrected chi connectivity index (χ2v) is 6.41. The lowest BCUT2D eigenvalue weighted by atomic mass is 9.95. The molecule has 0 aromatic heterocycles. The number of ether oxygens (including phenoxy) is 3. The van der Waals surface area contributed by atoms with Crippen LogP contribution < -0.4 is 25.0 Å². The Morgan fingerprint density at radius 1 is 1.07 bits per heavy atom. The van der Waals surface area contributed by atoms with Gasteiger partial charge < -0.3 is 19.5 Å². The zero-order chi connectivity index (χ0) is 19.6. The Morgan fingerprint density at radius 3 is 2.44 bits per heavy atom. The molecule has 27 heavy (non-hydrogen) atoms. The molecule has 0 unspecified atom stereocenters. The third-order valence-electron chi connectivity index (χ3n) is 4.77. The van der Waals surface area contributed by atoms with Crippen LogP contribution in [0.15, 0.2) is 35.1 Å². The van der Waals surface area contributed by atoms with Gasteiger partial charge in [0.1, 0.15) is 0 Å². The van der Waals surface area contributed by atoms with E-state index in [0.717, 1.165) is 22.3 Å². The highest BCUT2D eigenvalue weighted by Crippen LogP contribution is 2.50. The van der Waals surface area contributed by atoms with Crippen LogP contribution in [-0.2, 0) is 11.2 Å². The lowest BCUT2D eigenvalue weighted by Crippen LogP contribution is -2.26. The Balaban J connectivity index is 2.38. The number of methoxy groups -OCH3 is 3. The van der Waals surface area contributed by atoms with Crippen molar-refractivity contribution in [1.29, 1.82) is 0 Å². The van der Waals surface area contributed by atoms with Gasteiger partial charge in [0.15, 0.2) is 16.9 Å². The number of aryl methyl sites for hydroxylation is 1. The van der Waals surface area contributed by atoms with Crippen molar-refractivity contribution < 1.29 is 19.0 Å². The Bertz CT molecular complexity index is 938. The SMILES string of the molecule is COc1cc2c(c(OC)c1OC)-c1cccc(=O)cc1[C@@H](NC(C)=O)CC2. The van der Waals surface area contributed by atoms with Gasteiger partial charge in [0.25, 0.3) is 0 Å². The molecule has 0 radical (unpaired) electrons. The van der Waals surface area contributed by atoms with Gasteiger partial charge in [-0.2, -0.15) is 0 Å². The summed E-state index contributed by atoms with van der Waals surface area (Å²) in [5.74, 6) is 1.49. The summed E-state index contributed by atoms with van der Waals surface area (Å²) in [7, 11) is 4.72. The molecule has 0 spiro atoms. The van der Waals surface area contributed by atoms with Crippen molar-refractivity contribution in [3.8, 4) is 28.4 Å². The zero-order valence-corrected chi connectivity index (χ0v) is 15.9. The standard InChI is InChI=1S/C21H23NO5/c1-12(23)22-17-9-8-13-10-18(25-2)20(26-3)21(27-4)19(13)15-7-5-6-14(24)11-16(15)17/h5-7,10-11,17H,8-9H2,1-4H3,(H,22,23)/t17-/m0/s1. The molecule has 1 amide bonds. The van der Waals surface area contributed by atoms with Gasteiger partial charge in [0.2, 0.25) is 11.7 Å². The van der Waals surface area contributed by atoms with E-state index in [1.54, 1.807) is 33.5 Å². The zero-order valence-electron chi connectivity index (χ0n) is 15.9. The topological polar surface area (TPSA) is 73.9 Å². The van der Waals surface area contributed by atoms with Gasteiger partial charge >= 0.3 is 0 Å². The first-order valence-corrected chi connectivity index (χ1v) is 8.73. The van der Waals surface area contributed by atoms with Crippen LogP contribution in [0.25, 0.3) is 11.1 Å². The molecule has 0 heterocycles. The Morgan fingerprint density at radius 2 is 1.81 bits per heavy atom. The van der Waals surface area contributed by atoms with Crippen LogP contribution in [-0.4, -0.2) is 27.2 Å². The number of nitrogens with one attached hydrogen (secondary N) is 1. The molecular formula is C21H23NO5. The van der Waals surface area contributed by atoms with Crippen molar-refractivity contribution in [2.45, 2.75) is 25.8 Å². The highest BCUT2D eigenvalue weighted by molar-refractivity contribution is 5.83. The lowest BCUT2D eigenvalue weighted by molar-refractivity contribution is -0.119. The van der Waals surface area contributed by atoms with E-state index in [1.165, 1.54) is 13.0 Å². The highest BCUT2D eigenvalue weighted by Gasteiger charge is 2.28. The van der Waals surface area contributed by atoms with Gasteiger partial charge in [-0.1, -0.05) is 12.1 Å². The summed E-state index contributed by atoms with van der Waals surface area (Å²) in [6, 6.07) is 8.35. The Kier molecular flexibility index (Phi) is 5.35. The number of hydrogen-bond acceptors (Lipinski definition) is 5. The largest absolute Gasteiger partial charge is 0.493 e. The van der Waals surface area contributed by atoms with Crippen molar-refractivity contribution >= 4 is 5.91 Å². The maximum absolute atomic E-state index is 12.2. The fourth-order valence-electron chi connectivity index (χ4n) is 3.68. The highest BCUT2D eigenvalue weighted by atomic mass is 16.5. The summed E-state index contributed by atoms with van der Waals surface area (Å²) in [4.78, 5) is 23.9. The first-order valence-electron chi connectivity index (χ1n) is 8.73. The van der Waals surface area contributed by atoms with Gasteiger partial charge in [0, 0.05) is 12.5 Å². The molecule has 6 heteroatoms. The number of amides is 1. The van der Waals surface area contributed by atoms with Gasteiger partial charge in [-0.25, -0.2) is 0 Å². The van der Waals surface area contributed by atoms with Crippen LogP contribution in [0.4, 0.5) is 0 Å². The Hall–Kier alpha value is -3.02. The first-order chi connectivity index (χ1) is 13.0. The van der Waals surface area contributed by atoms with E-state index in [0.29, 0.717) is 30.1 Å². The first kappa shape index (κ1) is 18.8. The van der Waals surface area contributed by atoms with Crippen LogP contribution in [0.5, 0.6) is 17.2 Å². The number of rotatable bonds is 4. The fraction of sp³-hybridized carbons (Fsp3) is 0.333. The van der Waals surface area contributed by atoms with Crippen LogP contribution in [0.2, 0.25) is 0 Å².